The van der Waals surface area contributed by atoms with E-state index in [1.165, 1.54) is 12.1 Å². The van der Waals surface area contributed by atoms with E-state index in [2.05, 4.69) is 24.1 Å². The highest BCUT2D eigenvalue weighted by Gasteiger charge is 2.27. The van der Waals surface area contributed by atoms with Crippen LogP contribution in [0.4, 0.5) is 8.78 Å². The molecule has 20 heavy (non-hydrogen) atoms. The number of hydrogen-bond acceptors (Lipinski definition) is 2. The van der Waals surface area contributed by atoms with E-state index in [-0.39, 0.29) is 0 Å². The molecular formula is C16H24F2N2. The summed E-state index contributed by atoms with van der Waals surface area (Å²) >= 11 is 0. The summed E-state index contributed by atoms with van der Waals surface area (Å²) in [6.45, 7) is 7.94. The molecule has 0 aliphatic carbocycles. The molecule has 1 N–H and O–H groups in total. The summed E-state index contributed by atoms with van der Waals surface area (Å²) in [5, 5.41) is 3.54. The molecule has 1 fully saturated rings. The molecule has 1 heterocycles. The van der Waals surface area contributed by atoms with Crippen LogP contribution < -0.4 is 5.32 Å². The third kappa shape index (κ3) is 4.00. The topological polar surface area (TPSA) is 15.3 Å². The Balaban J connectivity index is 1.97. The first-order valence-electron chi connectivity index (χ1n) is 7.53. The first-order chi connectivity index (χ1) is 9.62. The van der Waals surface area contributed by atoms with Crippen molar-refractivity contribution >= 4 is 0 Å². The quantitative estimate of drug-likeness (QED) is 0.892. The molecule has 2 rings (SSSR count). The maximum absolute atomic E-state index is 13.2. The van der Waals surface area contributed by atoms with Crippen molar-refractivity contribution in [2.75, 3.05) is 19.6 Å². The summed E-state index contributed by atoms with van der Waals surface area (Å²) in [7, 11) is 0. The molecule has 2 atom stereocenters. The molecule has 112 valence electrons. The number of rotatable bonds is 5. The molecule has 1 saturated heterocycles. The second-order valence-electron chi connectivity index (χ2n) is 5.63. The summed E-state index contributed by atoms with van der Waals surface area (Å²) in [6.07, 6.45) is 2.23. The fourth-order valence-corrected chi connectivity index (χ4v) is 3.16. The largest absolute Gasteiger partial charge is 0.314 e. The minimum Gasteiger partial charge on any atom is -0.314 e. The van der Waals surface area contributed by atoms with Gasteiger partial charge in [-0.25, -0.2) is 8.78 Å². The Morgan fingerprint density at radius 1 is 1.20 bits per heavy atom. The van der Waals surface area contributed by atoms with E-state index in [1.807, 2.05) is 0 Å². The van der Waals surface area contributed by atoms with Crippen molar-refractivity contribution in [1.82, 2.24) is 10.2 Å². The molecule has 0 spiro atoms. The van der Waals surface area contributed by atoms with E-state index in [0.29, 0.717) is 18.5 Å². The lowest BCUT2D eigenvalue weighted by Gasteiger charge is -2.38. The van der Waals surface area contributed by atoms with Gasteiger partial charge in [0.2, 0.25) is 0 Å². The highest BCUT2D eigenvalue weighted by molar-refractivity contribution is 5.17. The van der Waals surface area contributed by atoms with Crippen molar-refractivity contribution in [3.8, 4) is 0 Å². The SMILES string of the molecule is CCNC1CCN(Cc2cc(F)cc(F)c2)CC1CC. The first-order valence-corrected chi connectivity index (χ1v) is 7.53. The predicted octanol–water partition coefficient (Wildman–Crippen LogP) is 3.17. The lowest BCUT2D eigenvalue weighted by molar-refractivity contribution is 0.129. The van der Waals surface area contributed by atoms with E-state index in [4.69, 9.17) is 0 Å². The molecule has 0 radical (unpaired) electrons. The molecule has 1 aromatic carbocycles. The van der Waals surface area contributed by atoms with Gasteiger partial charge in [0.15, 0.2) is 0 Å². The van der Waals surface area contributed by atoms with E-state index in [9.17, 15) is 8.78 Å². The third-order valence-corrected chi connectivity index (χ3v) is 4.14. The van der Waals surface area contributed by atoms with Gasteiger partial charge in [-0.3, -0.25) is 4.90 Å². The van der Waals surface area contributed by atoms with Gasteiger partial charge in [-0.2, -0.15) is 0 Å². The molecule has 2 nitrogen and oxygen atoms in total. The molecule has 0 saturated carbocycles. The van der Waals surface area contributed by atoms with E-state index < -0.39 is 11.6 Å². The molecule has 1 aliphatic rings. The van der Waals surface area contributed by atoms with Crippen LogP contribution in [0.15, 0.2) is 18.2 Å². The van der Waals surface area contributed by atoms with Crippen LogP contribution in [0.5, 0.6) is 0 Å². The van der Waals surface area contributed by atoms with Gasteiger partial charge in [-0.15, -0.1) is 0 Å². The van der Waals surface area contributed by atoms with E-state index in [1.54, 1.807) is 0 Å². The summed E-state index contributed by atoms with van der Waals surface area (Å²) < 4.78 is 26.4. The second kappa shape index (κ2) is 7.14. The van der Waals surface area contributed by atoms with Crippen LogP contribution in [0.3, 0.4) is 0 Å². The third-order valence-electron chi connectivity index (χ3n) is 4.14. The number of nitrogens with one attached hydrogen (secondary N) is 1. The van der Waals surface area contributed by atoms with Gasteiger partial charge in [-0.1, -0.05) is 20.3 Å². The van der Waals surface area contributed by atoms with Crippen LogP contribution in [0.25, 0.3) is 0 Å². The number of likely N-dealkylation sites (tertiary alicyclic amines) is 1. The standard InChI is InChI=1S/C16H24F2N2/c1-3-13-11-20(6-5-16(13)19-4-2)10-12-7-14(17)9-15(18)8-12/h7-9,13,16,19H,3-6,10-11H2,1-2H3. The Hall–Kier alpha value is -1.00. The molecule has 1 aromatic rings. The van der Waals surface area contributed by atoms with Crippen LogP contribution in [-0.2, 0) is 6.54 Å². The Bertz CT molecular complexity index is 416. The maximum Gasteiger partial charge on any atom is 0.126 e. The van der Waals surface area contributed by atoms with Gasteiger partial charge in [-0.05, 0) is 43.1 Å². The first kappa shape index (κ1) is 15.4. The Morgan fingerprint density at radius 2 is 1.90 bits per heavy atom. The van der Waals surface area contributed by atoms with Crippen LogP contribution in [0, 0.1) is 17.6 Å². The highest BCUT2D eigenvalue weighted by Crippen LogP contribution is 2.22. The zero-order valence-corrected chi connectivity index (χ0v) is 12.3. The Labute approximate surface area is 120 Å². The highest BCUT2D eigenvalue weighted by atomic mass is 19.1. The average Bonchev–Trinajstić information content (AvgIpc) is 2.39. The smallest absolute Gasteiger partial charge is 0.126 e. The van der Waals surface area contributed by atoms with Crippen LogP contribution >= 0.6 is 0 Å². The molecule has 4 heteroatoms. The molecule has 0 aromatic heterocycles. The zero-order chi connectivity index (χ0) is 14.5. The van der Waals surface area contributed by atoms with Crippen molar-refractivity contribution < 1.29 is 8.78 Å². The Kier molecular flexibility index (Phi) is 5.49. The average molecular weight is 282 g/mol. The fourth-order valence-electron chi connectivity index (χ4n) is 3.16. The van der Waals surface area contributed by atoms with Gasteiger partial charge < -0.3 is 5.32 Å². The van der Waals surface area contributed by atoms with Gasteiger partial charge in [0.1, 0.15) is 11.6 Å². The number of benzene rings is 1. The minimum absolute atomic E-state index is 0.491. The maximum atomic E-state index is 13.2. The number of halogens is 2. The molecular weight excluding hydrogens is 258 g/mol. The summed E-state index contributed by atoms with van der Waals surface area (Å²) in [5.74, 6) is -0.369. The summed E-state index contributed by atoms with van der Waals surface area (Å²) in [5.41, 5.74) is 0.722. The van der Waals surface area contributed by atoms with Crippen LogP contribution in [0.2, 0.25) is 0 Å². The monoisotopic (exact) mass is 282 g/mol. The van der Waals surface area contributed by atoms with Crippen molar-refractivity contribution in [2.45, 2.75) is 39.3 Å². The lowest BCUT2D eigenvalue weighted by atomic mass is 9.89. The van der Waals surface area contributed by atoms with Gasteiger partial charge >= 0.3 is 0 Å². The fraction of sp³-hybridized carbons (Fsp3) is 0.625. The van der Waals surface area contributed by atoms with Crippen molar-refractivity contribution in [2.24, 2.45) is 5.92 Å². The second-order valence-corrected chi connectivity index (χ2v) is 5.63. The molecule has 0 bridgehead atoms. The minimum atomic E-state index is -0.491. The van der Waals surface area contributed by atoms with E-state index >= 15 is 0 Å². The molecule has 1 aliphatic heterocycles. The summed E-state index contributed by atoms with van der Waals surface area (Å²) in [4.78, 5) is 2.30. The number of piperidine rings is 1. The normalized spacial score (nSPS) is 24.0. The van der Waals surface area contributed by atoms with Crippen LogP contribution in [0.1, 0.15) is 32.3 Å². The lowest BCUT2D eigenvalue weighted by Crippen LogP contribution is -2.48. The van der Waals surface area contributed by atoms with Crippen LogP contribution in [-0.4, -0.2) is 30.6 Å². The van der Waals surface area contributed by atoms with Crippen molar-refractivity contribution in [3.05, 3.63) is 35.4 Å². The van der Waals surface area contributed by atoms with Gasteiger partial charge in [0, 0.05) is 25.2 Å². The van der Waals surface area contributed by atoms with Gasteiger partial charge in [0.05, 0.1) is 0 Å². The zero-order valence-electron chi connectivity index (χ0n) is 12.3. The van der Waals surface area contributed by atoms with Crippen molar-refractivity contribution in [1.29, 1.82) is 0 Å². The van der Waals surface area contributed by atoms with Crippen molar-refractivity contribution in [3.63, 3.8) is 0 Å². The van der Waals surface area contributed by atoms with Gasteiger partial charge in [0.25, 0.3) is 0 Å². The number of nitrogens with zero attached hydrogens (tertiary/aromatic N) is 1. The Morgan fingerprint density at radius 3 is 2.50 bits per heavy atom. The summed E-state index contributed by atoms with van der Waals surface area (Å²) in [6, 6.07) is 4.36. The molecule has 0 amide bonds. The molecule has 2 unspecified atom stereocenters. The predicted molar refractivity (Wildman–Crippen MR) is 77.5 cm³/mol. The number of hydrogen-bond donors (Lipinski definition) is 1. The van der Waals surface area contributed by atoms with E-state index in [0.717, 1.165) is 44.1 Å².